The Kier molecular flexibility index (Phi) is 6.61. The molecule has 5 rings (SSSR count). The van der Waals surface area contributed by atoms with Crippen LogP contribution in [-0.2, 0) is 6.42 Å². The summed E-state index contributed by atoms with van der Waals surface area (Å²) in [5.74, 6) is 1.21. The Morgan fingerprint density at radius 1 is 1.03 bits per heavy atom. The van der Waals surface area contributed by atoms with Crippen molar-refractivity contribution in [3.05, 3.63) is 99.5 Å². The van der Waals surface area contributed by atoms with Crippen LogP contribution in [0.1, 0.15) is 21.5 Å². The second-order valence-electron chi connectivity index (χ2n) is 7.85. The Bertz CT molecular complexity index is 1370. The average molecular weight is 504 g/mol. The third-order valence-corrected chi connectivity index (χ3v) is 6.92. The molecule has 35 heavy (non-hydrogen) atoms. The zero-order chi connectivity index (χ0) is 24.4. The number of ether oxygens (including phenoxy) is 2. The minimum atomic E-state index is -0.129. The second kappa shape index (κ2) is 9.98. The number of carbonyl (C=O) groups is 1. The van der Waals surface area contributed by atoms with Crippen molar-refractivity contribution in [3.63, 3.8) is 0 Å². The molecule has 0 N–H and O–H groups in total. The van der Waals surface area contributed by atoms with Crippen LogP contribution in [0.15, 0.2) is 87.9 Å². The Morgan fingerprint density at radius 3 is 2.46 bits per heavy atom. The molecule has 2 aliphatic heterocycles. The standard InChI is InChI=1S/C27H22ClN3O3S/c1-33-23-14-18-12-13-29-22(21(18)15-24(23)34-2)16-25-31(20-10-8-19(28)9-11-20)30-27(35-25)26(32)17-6-4-3-5-7-17/h3-11,14-16H,12-13H2,1-2H3/b25-16-. The number of hydrogen-bond acceptors (Lipinski definition) is 7. The molecule has 0 aromatic heterocycles. The first-order valence-corrected chi connectivity index (χ1v) is 12.2. The van der Waals surface area contributed by atoms with E-state index in [0.29, 0.717) is 33.7 Å². The minimum Gasteiger partial charge on any atom is -0.493 e. The summed E-state index contributed by atoms with van der Waals surface area (Å²) in [6.07, 6.45) is 2.78. The van der Waals surface area contributed by atoms with Gasteiger partial charge in [-0.15, -0.1) is 0 Å². The summed E-state index contributed by atoms with van der Waals surface area (Å²) < 4.78 is 11.0. The van der Waals surface area contributed by atoms with Crippen LogP contribution in [0.4, 0.5) is 5.69 Å². The highest BCUT2D eigenvalue weighted by Crippen LogP contribution is 2.38. The lowest BCUT2D eigenvalue weighted by Crippen LogP contribution is -2.15. The molecular formula is C27H22ClN3O3S. The molecule has 0 radical (unpaired) electrons. The maximum atomic E-state index is 13.2. The number of carbonyl (C=O) groups excluding carboxylic acids is 1. The van der Waals surface area contributed by atoms with Crippen LogP contribution in [0.25, 0.3) is 0 Å². The number of allylic oxidation sites excluding steroid dienone is 1. The third-order valence-electron chi connectivity index (χ3n) is 5.71. The number of aliphatic imine (C=N–C) groups is 1. The molecule has 6 nitrogen and oxygen atoms in total. The summed E-state index contributed by atoms with van der Waals surface area (Å²) >= 11 is 7.43. The van der Waals surface area contributed by atoms with Gasteiger partial charge in [-0.25, -0.2) is 5.01 Å². The summed E-state index contributed by atoms with van der Waals surface area (Å²) in [7, 11) is 3.25. The molecule has 0 saturated heterocycles. The molecule has 0 amide bonds. The van der Waals surface area contributed by atoms with E-state index in [0.717, 1.165) is 34.0 Å². The number of thioether (sulfide) groups is 1. The highest BCUT2D eigenvalue weighted by Gasteiger charge is 2.29. The van der Waals surface area contributed by atoms with Gasteiger partial charge in [0.1, 0.15) is 5.03 Å². The summed E-state index contributed by atoms with van der Waals surface area (Å²) in [5, 5.41) is 8.23. The number of hydrogen-bond donors (Lipinski definition) is 0. The Balaban J connectivity index is 1.55. The van der Waals surface area contributed by atoms with Crippen molar-refractivity contribution in [1.82, 2.24) is 0 Å². The highest BCUT2D eigenvalue weighted by atomic mass is 35.5. The Labute approximate surface area is 212 Å². The molecule has 0 spiro atoms. The summed E-state index contributed by atoms with van der Waals surface area (Å²) in [4.78, 5) is 18.0. The summed E-state index contributed by atoms with van der Waals surface area (Å²) in [5.41, 5.74) is 4.30. The molecule has 3 aromatic carbocycles. The number of anilines is 1. The van der Waals surface area contributed by atoms with Crippen molar-refractivity contribution < 1.29 is 14.3 Å². The monoisotopic (exact) mass is 503 g/mol. The number of benzene rings is 3. The number of nitrogens with zero attached hydrogens (tertiary/aromatic N) is 3. The van der Waals surface area contributed by atoms with E-state index in [4.69, 9.17) is 26.1 Å². The van der Waals surface area contributed by atoms with Crippen LogP contribution in [0.3, 0.4) is 0 Å². The van der Waals surface area contributed by atoms with Crippen molar-refractivity contribution in [1.29, 1.82) is 0 Å². The molecule has 0 atom stereocenters. The summed E-state index contributed by atoms with van der Waals surface area (Å²) in [6, 6.07) is 20.5. The molecule has 2 aliphatic rings. The molecule has 8 heteroatoms. The SMILES string of the molecule is COc1cc2c(cc1OC)C(/C=C1\SC(C(=O)c3ccccc3)=NN1c1ccc(Cl)cc1)=NCC2. The maximum Gasteiger partial charge on any atom is 0.220 e. The van der Waals surface area contributed by atoms with Crippen LogP contribution < -0.4 is 14.5 Å². The zero-order valence-corrected chi connectivity index (χ0v) is 20.8. The van der Waals surface area contributed by atoms with E-state index in [1.807, 2.05) is 48.5 Å². The third kappa shape index (κ3) is 4.70. The fourth-order valence-corrected chi connectivity index (χ4v) is 5.01. The van der Waals surface area contributed by atoms with Crippen LogP contribution in [-0.4, -0.2) is 37.3 Å². The van der Waals surface area contributed by atoms with E-state index in [1.54, 1.807) is 43.5 Å². The minimum absolute atomic E-state index is 0.129. The predicted octanol–water partition coefficient (Wildman–Crippen LogP) is 5.99. The molecule has 2 heterocycles. The van der Waals surface area contributed by atoms with Gasteiger partial charge in [-0.1, -0.05) is 41.9 Å². The van der Waals surface area contributed by atoms with Crippen molar-refractivity contribution in [2.45, 2.75) is 6.42 Å². The molecule has 0 bridgehead atoms. The van der Waals surface area contributed by atoms with Gasteiger partial charge >= 0.3 is 0 Å². The lowest BCUT2D eigenvalue weighted by Gasteiger charge is -2.20. The van der Waals surface area contributed by atoms with Crippen LogP contribution in [0.5, 0.6) is 11.5 Å². The number of methoxy groups -OCH3 is 2. The van der Waals surface area contributed by atoms with E-state index in [-0.39, 0.29) is 5.78 Å². The number of fused-ring (bicyclic) bond motifs is 1. The first kappa shape index (κ1) is 23.2. The molecule has 176 valence electrons. The van der Waals surface area contributed by atoms with E-state index < -0.39 is 0 Å². The van der Waals surface area contributed by atoms with Crippen LogP contribution >= 0.6 is 23.4 Å². The van der Waals surface area contributed by atoms with Gasteiger partial charge in [0, 0.05) is 22.7 Å². The van der Waals surface area contributed by atoms with Gasteiger partial charge in [-0.3, -0.25) is 9.79 Å². The fraction of sp³-hybridized carbons (Fsp3) is 0.148. The molecule has 0 fully saturated rings. The zero-order valence-electron chi connectivity index (χ0n) is 19.2. The van der Waals surface area contributed by atoms with Gasteiger partial charge in [-0.05, 0) is 66.2 Å². The number of Topliss-reactive ketones (excluding diaryl/α,β-unsaturated/α-hetero) is 1. The molecule has 0 unspecified atom stereocenters. The van der Waals surface area contributed by atoms with Gasteiger partial charge in [0.05, 0.1) is 25.6 Å². The predicted molar refractivity (Wildman–Crippen MR) is 142 cm³/mol. The Morgan fingerprint density at radius 2 is 1.74 bits per heavy atom. The van der Waals surface area contributed by atoms with Crippen LogP contribution in [0, 0.1) is 0 Å². The molecule has 0 saturated carbocycles. The van der Waals surface area contributed by atoms with E-state index in [2.05, 4.69) is 5.10 Å². The molecule has 3 aromatic rings. The van der Waals surface area contributed by atoms with Crippen molar-refractivity contribution in [2.75, 3.05) is 25.8 Å². The van der Waals surface area contributed by atoms with Crippen molar-refractivity contribution in [3.8, 4) is 11.5 Å². The van der Waals surface area contributed by atoms with Crippen molar-refractivity contribution in [2.24, 2.45) is 10.1 Å². The van der Waals surface area contributed by atoms with Gasteiger partial charge in [0.2, 0.25) is 5.78 Å². The molecular weight excluding hydrogens is 482 g/mol. The topological polar surface area (TPSA) is 63.5 Å². The normalized spacial score (nSPS) is 16.0. The first-order chi connectivity index (χ1) is 17.1. The van der Waals surface area contributed by atoms with Gasteiger partial charge in [0.15, 0.2) is 16.5 Å². The van der Waals surface area contributed by atoms with E-state index >= 15 is 0 Å². The average Bonchev–Trinajstić information content (AvgIpc) is 3.32. The quantitative estimate of drug-likeness (QED) is 0.386. The maximum absolute atomic E-state index is 13.2. The fourth-order valence-electron chi connectivity index (χ4n) is 3.95. The largest absolute Gasteiger partial charge is 0.493 e. The smallest absolute Gasteiger partial charge is 0.220 e. The van der Waals surface area contributed by atoms with Crippen molar-refractivity contribution >= 4 is 45.6 Å². The number of hydrazone groups is 1. The first-order valence-electron chi connectivity index (χ1n) is 11.0. The second-order valence-corrected chi connectivity index (χ2v) is 9.30. The highest BCUT2D eigenvalue weighted by molar-refractivity contribution is 8.19. The lowest BCUT2D eigenvalue weighted by atomic mass is 9.96. The van der Waals surface area contributed by atoms with Crippen LogP contribution in [0.2, 0.25) is 5.02 Å². The lowest BCUT2D eigenvalue weighted by molar-refractivity contribution is 0.106. The Hall–Kier alpha value is -3.55. The summed E-state index contributed by atoms with van der Waals surface area (Å²) in [6.45, 7) is 0.657. The number of ketones is 1. The molecule has 0 aliphatic carbocycles. The van der Waals surface area contributed by atoms with Gasteiger partial charge < -0.3 is 9.47 Å². The van der Waals surface area contributed by atoms with E-state index in [9.17, 15) is 4.79 Å². The van der Waals surface area contributed by atoms with Gasteiger partial charge in [0.25, 0.3) is 0 Å². The van der Waals surface area contributed by atoms with Gasteiger partial charge in [-0.2, -0.15) is 5.10 Å². The number of halogens is 1. The number of rotatable bonds is 6. The van der Waals surface area contributed by atoms with E-state index in [1.165, 1.54) is 11.8 Å².